The van der Waals surface area contributed by atoms with E-state index in [2.05, 4.69) is 23.5 Å². The second-order valence-corrected chi connectivity index (χ2v) is 4.99. The van der Waals surface area contributed by atoms with Crippen LogP contribution >= 0.6 is 0 Å². The third-order valence-electron chi connectivity index (χ3n) is 3.62. The van der Waals surface area contributed by atoms with E-state index in [4.69, 9.17) is 9.15 Å². The highest BCUT2D eigenvalue weighted by Gasteiger charge is 2.40. The number of benzene rings is 1. The first-order chi connectivity index (χ1) is 8.88. The molecule has 1 aliphatic rings. The van der Waals surface area contributed by atoms with E-state index in [1.165, 1.54) is 11.8 Å². The van der Waals surface area contributed by atoms with Gasteiger partial charge in [-0.15, -0.1) is 0 Å². The van der Waals surface area contributed by atoms with Crippen molar-refractivity contribution in [1.29, 1.82) is 0 Å². The molecule has 3 nitrogen and oxygen atoms in total. The number of furan rings is 1. The van der Waals surface area contributed by atoms with Gasteiger partial charge < -0.3 is 14.5 Å². The Morgan fingerprint density at radius 2 is 2.28 bits per heavy atom. The van der Waals surface area contributed by atoms with Crippen LogP contribution in [0.15, 0.2) is 34.7 Å². The Kier molecular flexibility index (Phi) is 3.35. The van der Waals surface area contributed by atoms with E-state index in [1.807, 2.05) is 12.1 Å². The van der Waals surface area contributed by atoms with Gasteiger partial charge in [-0.1, -0.05) is 18.2 Å². The summed E-state index contributed by atoms with van der Waals surface area (Å²) in [5.41, 5.74) is 1.01. The summed E-state index contributed by atoms with van der Waals surface area (Å²) in [6, 6.07) is 10.4. The number of para-hydroxylation sites is 1. The van der Waals surface area contributed by atoms with E-state index in [1.54, 1.807) is 7.11 Å². The van der Waals surface area contributed by atoms with Crippen LogP contribution in [0.4, 0.5) is 0 Å². The van der Waals surface area contributed by atoms with Crippen LogP contribution < -0.4 is 5.32 Å². The summed E-state index contributed by atoms with van der Waals surface area (Å²) in [5.74, 6) is 2.48. The van der Waals surface area contributed by atoms with Gasteiger partial charge in [-0.05, 0) is 31.0 Å². The number of ether oxygens (including phenoxy) is 1. The summed E-state index contributed by atoms with van der Waals surface area (Å²) in [6.45, 7) is 2.77. The zero-order chi connectivity index (χ0) is 12.4. The van der Waals surface area contributed by atoms with E-state index in [0.29, 0.717) is 5.92 Å². The van der Waals surface area contributed by atoms with Gasteiger partial charge in [0.2, 0.25) is 0 Å². The van der Waals surface area contributed by atoms with E-state index in [-0.39, 0.29) is 0 Å². The minimum atomic E-state index is 0.604. The quantitative estimate of drug-likeness (QED) is 0.795. The van der Waals surface area contributed by atoms with E-state index in [0.717, 1.165) is 37.0 Å². The van der Waals surface area contributed by atoms with Crippen LogP contribution in [0.3, 0.4) is 0 Å². The first-order valence-corrected chi connectivity index (χ1v) is 6.56. The predicted octanol–water partition coefficient (Wildman–Crippen LogP) is 2.77. The highest BCUT2D eigenvalue weighted by molar-refractivity contribution is 5.77. The van der Waals surface area contributed by atoms with Crippen LogP contribution in [-0.2, 0) is 4.74 Å². The van der Waals surface area contributed by atoms with Gasteiger partial charge in [0.15, 0.2) is 0 Å². The molecular formula is C15H19NO2. The molecular weight excluding hydrogens is 226 g/mol. The molecule has 1 aromatic carbocycles. The minimum Gasteiger partial charge on any atom is -0.461 e. The number of nitrogens with one attached hydrogen (secondary N) is 1. The van der Waals surface area contributed by atoms with Gasteiger partial charge in [0.25, 0.3) is 0 Å². The summed E-state index contributed by atoms with van der Waals surface area (Å²) in [5, 5.41) is 4.63. The predicted molar refractivity (Wildman–Crippen MR) is 71.8 cm³/mol. The van der Waals surface area contributed by atoms with Crippen molar-refractivity contribution in [3.63, 3.8) is 0 Å². The van der Waals surface area contributed by atoms with E-state index >= 15 is 0 Å². The molecule has 0 saturated heterocycles. The zero-order valence-corrected chi connectivity index (χ0v) is 10.7. The van der Waals surface area contributed by atoms with Crippen LogP contribution in [-0.4, -0.2) is 26.8 Å². The van der Waals surface area contributed by atoms with Crippen LogP contribution in [0, 0.1) is 5.92 Å². The molecule has 1 aromatic heterocycles. The van der Waals surface area contributed by atoms with Crippen LogP contribution in [0.2, 0.25) is 0 Å². The topological polar surface area (TPSA) is 34.4 Å². The van der Waals surface area contributed by atoms with Crippen LogP contribution in [0.25, 0.3) is 11.0 Å². The molecule has 18 heavy (non-hydrogen) atoms. The molecule has 2 unspecified atom stereocenters. The van der Waals surface area contributed by atoms with Gasteiger partial charge in [0.1, 0.15) is 11.3 Å². The lowest BCUT2D eigenvalue weighted by Gasteiger charge is -2.02. The fraction of sp³-hybridized carbons (Fsp3) is 0.467. The molecule has 3 rings (SSSR count). The lowest BCUT2D eigenvalue weighted by Crippen LogP contribution is -2.21. The van der Waals surface area contributed by atoms with Crippen molar-refractivity contribution < 1.29 is 9.15 Å². The number of fused-ring (bicyclic) bond motifs is 1. The zero-order valence-electron chi connectivity index (χ0n) is 10.7. The van der Waals surface area contributed by atoms with Gasteiger partial charge in [-0.2, -0.15) is 0 Å². The smallest absolute Gasteiger partial charge is 0.134 e. The van der Waals surface area contributed by atoms with Gasteiger partial charge in [-0.3, -0.25) is 0 Å². The first-order valence-electron chi connectivity index (χ1n) is 6.56. The monoisotopic (exact) mass is 245 g/mol. The molecule has 1 aliphatic carbocycles. The fourth-order valence-corrected chi connectivity index (χ4v) is 2.47. The molecule has 0 radical (unpaired) electrons. The summed E-state index contributed by atoms with van der Waals surface area (Å²) in [4.78, 5) is 0. The number of hydrogen-bond donors (Lipinski definition) is 1. The molecule has 1 N–H and O–H groups in total. The number of methoxy groups -OCH3 is 1. The molecule has 2 atom stereocenters. The maximum absolute atomic E-state index is 5.90. The van der Waals surface area contributed by atoms with Crippen molar-refractivity contribution in [2.75, 3.05) is 26.8 Å². The fourth-order valence-electron chi connectivity index (χ4n) is 2.47. The lowest BCUT2D eigenvalue weighted by atomic mass is 10.2. The molecule has 0 bridgehead atoms. The molecule has 1 fully saturated rings. The Morgan fingerprint density at radius 3 is 3.11 bits per heavy atom. The van der Waals surface area contributed by atoms with Gasteiger partial charge >= 0.3 is 0 Å². The van der Waals surface area contributed by atoms with Crippen molar-refractivity contribution >= 4 is 11.0 Å². The SMILES string of the molecule is COCCNCC1CC1c1cc2ccccc2o1. The lowest BCUT2D eigenvalue weighted by molar-refractivity contribution is 0.199. The van der Waals surface area contributed by atoms with E-state index in [9.17, 15) is 0 Å². The van der Waals surface area contributed by atoms with Crippen molar-refractivity contribution in [1.82, 2.24) is 5.32 Å². The van der Waals surface area contributed by atoms with Crippen molar-refractivity contribution in [2.24, 2.45) is 5.92 Å². The maximum Gasteiger partial charge on any atom is 0.134 e. The average molecular weight is 245 g/mol. The highest BCUT2D eigenvalue weighted by Crippen LogP contribution is 2.48. The van der Waals surface area contributed by atoms with Crippen LogP contribution in [0.5, 0.6) is 0 Å². The summed E-state index contributed by atoms with van der Waals surface area (Å²) < 4.78 is 10.9. The number of rotatable bonds is 6. The van der Waals surface area contributed by atoms with Gasteiger partial charge in [-0.25, -0.2) is 0 Å². The average Bonchev–Trinajstić information content (AvgIpc) is 3.03. The molecule has 0 aliphatic heterocycles. The Morgan fingerprint density at radius 1 is 1.39 bits per heavy atom. The third-order valence-corrected chi connectivity index (χ3v) is 3.62. The van der Waals surface area contributed by atoms with Crippen molar-refractivity contribution in [3.8, 4) is 0 Å². The first kappa shape index (κ1) is 11.8. The standard InChI is InChI=1S/C15H19NO2/c1-17-7-6-16-10-12-8-13(12)15-9-11-4-2-3-5-14(11)18-15/h2-5,9,12-13,16H,6-8,10H2,1H3. The molecule has 96 valence electrons. The molecule has 1 saturated carbocycles. The van der Waals surface area contributed by atoms with Gasteiger partial charge in [0.05, 0.1) is 6.61 Å². The third kappa shape index (κ3) is 2.42. The second-order valence-electron chi connectivity index (χ2n) is 4.99. The van der Waals surface area contributed by atoms with Crippen LogP contribution in [0.1, 0.15) is 18.1 Å². The highest BCUT2D eigenvalue weighted by atomic mass is 16.5. The normalized spacial score (nSPS) is 22.5. The van der Waals surface area contributed by atoms with Crippen molar-refractivity contribution in [3.05, 3.63) is 36.1 Å². The summed E-state index contributed by atoms with van der Waals surface area (Å²) in [6.07, 6.45) is 1.24. The Labute approximate surface area is 107 Å². The second kappa shape index (κ2) is 5.12. The largest absolute Gasteiger partial charge is 0.461 e. The Balaban J connectivity index is 1.57. The molecule has 0 spiro atoms. The summed E-state index contributed by atoms with van der Waals surface area (Å²) in [7, 11) is 1.73. The Bertz CT molecular complexity index is 487. The van der Waals surface area contributed by atoms with Crippen molar-refractivity contribution in [2.45, 2.75) is 12.3 Å². The molecule has 1 heterocycles. The maximum atomic E-state index is 5.90. The molecule has 0 amide bonds. The van der Waals surface area contributed by atoms with E-state index < -0.39 is 0 Å². The molecule has 2 aromatic rings. The summed E-state index contributed by atoms with van der Waals surface area (Å²) >= 11 is 0. The minimum absolute atomic E-state index is 0.604. The Hall–Kier alpha value is -1.32. The van der Waals surface area contributed by atoms with Gasteiger partial charge in [0, 0.05) is 25.0 Å². The molecule has 3 heteroatoms. The number of hydrogen-bond acceptors (Lipinski definition) is 3.